The summed E-state index contributed by atoms with van der Waals surface area (Å²) in [4.78, 5) is 26.6. The Morgan fingerprint density at radius 2 is 1.89 bits per heavy atom. The zero-order valence-corrected chi connectivity index (χ0v) is 10.8. The van der Waals surface area contributed by atoms with E-state index in [-0.39, 0.29) is 5.91 Å². The fourth-order valence-corrected chi connectivity index (χ4v) is 2.38. The summed E-state index contributed by atoms with van der Waals surface area (Å²) in [5, 5.41) is 12.1. The predicted molar refractivity (Wildman–Crippen MR) is 66.2 cm³/mol. The zero-order valence-electron chi connectivity index (χ0n) is 10.8. The van der Waals surface area contributed by atoms with E-state index in [1.807, 2.05) is 9.80 Å². The van der Waals surface area contributed by atoms with Crippen LogP contribution in [0.5, 0.6) is 0 Å². The molecule has 0 bridgehead atoms. The quantitative estimate of drug-likeness (QED) is 0.689. The molecule has 6 nitrogen and oxygen atoms in total. The first-order chi connectivity index (χ1) is 8.58. The fraction of sp³-hybridized carbons (Fsp3) is 0.833. The second-order valence-electron chi connectivity index (χ2n) is 5.16. The van der Waals surface area contributed by atoms with Crippen molar-refractivity contribution in [1.29, 1.82) is 0 Å². The van der Waals surface area contributed by atoms with E-state index >= 15 is 0 Å². The average molecular weight is 255 g/mol. The van der Waals surface area contributed by atoms with Crippen LogP contribution in [0.3, 0.4) is 0 Å². The Bertz CT molecular complexity index is 323. The van der Waals surface area contributed by atoms with Gasteiger partial charge < -0.3 is 15.3 Å². The Kier molecular flexibility index (Phi) is 4.19. The number of nitrogens with zero attached hydrogens (tertiary/aromatic N) is 2. The Morgan fingerprint density at radius 3 is 2.33 bits per heavy atom. The Labute approximate surface area is 107 Å². The molecule has 1 atom stereocenters. The molecule has 2 heterocycles. The highest BCUT2D eigenvalue weighted by Gasteiger charge is 2.29. The summed E-state index contributed by atoms with van der Waals surface area (Å²) in [5.74, 6) is -0.0899. The lowest BCUT2D eigenvalue weighted by Crippen LogP contribution is -2.54. The third-order valence-corrected chi connectivity index (χ3v) is 3.90. The molecule has 1 unspecified atom stereocenters. The van der Waals surface area contributed by atoms with Gasteiger partial charge in [-0.2, -0.15) is 0 Å². The average Bonchev–Trinajstić information content (AvgIpc) is 2.32. The van der Waals surface area contributed by atoms with Crippen LogP contribution in [0.4, 0.5) is 0 Å². The van der Waals surface area contributed by atoms with Crippen molar-refractivity contribution in [3.8, 4) is 0 Å². The number of hydrogen-bond donors (Lipinski definition) is 2. The third kappa shape index (κ3) is 3.00. The van der Waals surface area contributed by atoms with Gasteiger partial charge in [0.25, 0.3) is 0 Å². The van der Waals surface area contributed by atoms with E-state index < -0.39 is 12.0 Å². The summed E-state index contributed by atoms with van der Waals surface area (Å²) < 4.78 is 0. The molecule has 18 heavy (non-hydrogen) atoms. The molecule has 0 aliphatic carbocycles. The van der Waals surface area contributed by atoms with Gasteiger partial charge in [-0.05, 0) is 25.9 Å². The highest BCUT2D eigenvalue weighted by atomic mass is 16.4. The molecular weight excluding hydrogens is 234 g/mol. The molecule has 0 saturated carbocycles. The van der Waals surface area contributed by atoms with Gasteiger partial charge in [0.15, 0.2) is 0 Å². The van der Waals surface area contributed by atoms with Crippen LogP contribution in [-0.2, 0) is 9.59 Å². The third-order valence-electron chi connectivity index (χ3n) is 3.90. The van der Waals surface area contributed by atoms with Crippen molar-refractivity contribution in [1.82, 2.24) is 15.1 Å². The van der Waals surface area contributed by atoms with Crippen LogP contribution >= 0.6 is 0 Å². The van der Waals surface area contributed by atoms with Gasteiger partial charge in [0.1, 0.15) is 6.04 Å². The lowest BCUT2D eigenvalue weighted by atomic mass is 9.98. The molecule has 2 fully saturated rings. The topological polar surface area (TPSA) is 72.9 Å². The van der Waals surface area contributed by atoms with E-state index in [9.17, 15) is 9.59 Å². The molecular formula is C12H21N3O3. The number of hydrogen-bond acceptors (Lipinski definition) is 4. The van der Waals surface area contributed by atoms with E-state index in [1.165, 1.54) is 0 Å². The van der Waals surface area contributed by atoms with Gasteiger partial charge in [-0.1, -0.05) is 0 Å². The molecule has 2 aliphatic heterocycles. The molecule has 0 aromatic rings. The highest BCUT2D eigenvalue weighted by Crippen LogP contribution is 2.13. The van der Waals surface area contributed by atoms with E-state index in [1.54, 1.807) is 6.92 Å². The largest absolute Gasteiger partial charge is 0.480 e. The number of carboxylic acid groups (broad SMARTS) is 1. The smallest absolute Gasteiger partial charge is 0.320 e. The number of amides is 1. The number of nitrogens with one attached hydrogen (secondary N) is 1. The van der Waals surface area contributed by atoms with Gasteiger partial charge in [0.05, 0.1) is 0 Å². The van der Waals surface area contributed by atoms with Crippen LogP contribution in [0.15, 0.2) is 0 Å². The molecule has 0 radical (unpaired) electrons. The summed E-state index contributed by atoms with van der Waals surface area (Å²) in [6.07, 6.45) is 0.626. The number of carbonyl (C=O) groups excluding carboxylic acids is 1. The van der Waals surface area contributed by atoms with Gasteiger partial charge in [-0.3, -0.25) is 14.5 Å². The number of carbonyl (C=O) groups is 2. The summed E-state index contributed by atoms with van der Waals surface area (Å²) in [6.45, 7) is 6.20. The number of piperazine rings is 1. The number of carboxylic acids is 1. The predicted octanol–water partition coefficient (Wildman–Crippen LogP) is -0.787. The highest BCUT2D eigenvalue weighted by molar-refractivity contribution is 5.77. The van der Waals surface area contributed by atoms with E-state index in [0.29, 0.717) is 38.5 Å². The van der Waals surface area contributed by atoms with Crippen LogP contribution in [0.1, 0.15) is 13.3 Å². The minimum Gasteiger partial charge on any atom is -0.480 e. The van der Waals surface area contributed by atoms with Crippen molar-refractivity contribution in [3.05, 3.63) is 0 Å². The Hall–Kier alpha value is -1.14. The van der Waals surface area contributed by atoms with Crippen molar-refractivity contribution in [2.24, 2.45) is 5.92 Å². The molecule has 0 spiro atoms. The van der Waals surface area contributed by atoms with Crippen LogP contribution in [0.2, 0.25) is 0 Å². The molecule has 2 aliphatic rings. The first-order valence-electron chi connectivity index (χ1n) is 6.53. The monoisotopic (exact) mass is 255 g/mol. The van der Waals surface area contributed by atoms with Gasteiger partial charge in [-0.25, -0.2) is 0 Å². The lowest BCUT2D eigenvalue weighted by molar-refractivity contribution is -0.144. The van der Waals surface area contributed by atoms with E-state index in [4.69, 9.17) is 5.11 Å². The summed E-state index contributed by atoms with van der Waals surface area (Å²) in [6, 6.07) is -0.460. The maximum Gasteiger partial charge on any atom is 0.320 e. The first-order valence-corrected chi connectivity index (χ1v) is 6.53. The van der Waals surface area contributed by atoms with Crippen molar-refractivity contribution in [2.45, 2.75) is 19.4 Å². The summed E-state index contributed by atoms with van der Waals surface area (Å²) in [5.41, 5.74) is 0. The number of aliphatic carboxylic acids is 1. The standard InChI is InChI=1S/C12H21N3O3/c1-9(12(17)18)14-2-4-15(5-3-14)11(16)6-10-7-13-8-10/h9-10,13H,2-8H2,1H3,(H,17,18). The van der Waals surface area contributed by atoms with Crippen LogP contribution in [0, 0.1) is 5.92 Å². The normalized spacial score (nSPS) is 23.5. The minimum absolute atomic E-state index is 0.212. The van der Waals surface area contributed by atoms with Crippen molar-refractivity contribution in [2.75, 3.05) is 39.3 Å². The summed E-state index contributed by atoms with van der Waals surface area (Å²) in [7, 11) is 0. The Balaban J connectivity index is 1.75. The Morgan fingerprint density at radius 1 is 1.28 bits per heavy atom. The fourth-order valence-electron chi connectivity index (χ4n) is 2.38. The van der Waals surface area contributed by atoms with E-state index in [0.717, 1.165) is 13.1 Å². The SMILES string of the molecule is CC(C(=O)O)N1CCN(C(=O)CC2CNC2)CC1. The maximum absolute atomic E-state index is 12.0. The van der Waals surface area contributed by atoms with Crippen molar-refractivity contribution < 1.29 is 14.7 Å². The van der Waals surface area contributed by atoms with Gasteiger partial charge in [0.2, 0.25) is 5.91 Å². The molecule has 6 heteroatoms. The summed E-state index contributed by atoms with van der Waals surface area (Å²) >= 11 is 0. The van der Waals surface area contributed by atoms with Crippen LogP contribution in [0.25, 0.3) is 0 Å². The number of rotatable bonds is 4. The maximum atomic E-state index is 12.0. The molecule has 2 rings (SSSR count). The minimum atomic E-state index is -0.796. The molecule has 0 aromatic heterocycles. The first kappa shape index (κ1) is 13.3. The second-order valence-corrected chi connectivity index (χ2v) is 5.16. The lowest BCUT2D eigenvalue weighted by Gasteiger charge is -2.37. The van der Waals surface area contributed by atoms with Gasteiger partial charge in [0, 0.05) is 32.6 Å². The van der Waals surface area contributed by atoms with Gasteiger partial charge >= 0.3 is 5.97 Å². The van der Waals surface area contributed by atoms with E-state index in [2.05, 4.69) is 5.32 Å². The second kappa shape index (κ2) is 5.67. The molecule has 0 aromatic carbocycles. The van der Waals surface area contributed by atoms with Crippen molar-refractivity contribution >= 4 is 11.9 Å². The van der Waals surface area contributed by atoms with Crippen LogP contribution in [-0.4, -0.2) is 72.1 Å². The van der Waals surface area contributed by atoms with Crippen LogP contribution < -0.4 is 5.32 Å². The molecule has 102 valence electrons. The molecule has 2 saturated heterocycles. The zero-order chi connectivity index (χ0) is 13.1. The molecule has 1 amide bonds. The van der Waals surface area contributed by atoms with Crippen molar-refractivity contribution in [3.63, 3.8) is 0 Å². The van der Waals surface area contributed by atoms with Gasteiger partial charge in [-0.15, -0.1) is 0 Å². The molecule has 2 N–H and O–H groups in total.